The molecule has 4 heteroatoms. The topological polar surface area (TPSA) is 48.1 Å². The second kappa shape index (κ2) is 4.19. The average molecular weight is 221 g/mol. The fourth-order valence-electron chi connectivity index (χ4n) is 1.18. The standard InChI is InChI=1S/C11H9ClN2O/c12-10-6-9(7-11(13)14-10)15-8-4-2-1-3-5-8/h1-7H,(H2,13,14). The molecule has 0 fully saturated rings. The van der Waals surface area contributed by atoms with Crippen LogP contribution >= 0.6 is 11.6 Å². The van der Waals surface area contributed by atoms with Crippen molar-refractivity contribution in [1.29, 1.82) is 0 Å². The summed E-state index contributed by atoms with van der Waals surface area (Å²) in [6.07, 6.45) is 0. The van der Waals surface area contributed by atoms with E-state index in [9.17, 15) is 0 Å². The molecule has 0 atom stereocenters. The summed E-state index contributed by atoms with van der Waals surface area (Å²) in [6.45, 7) is 0. The molecule has 0 radical (unpaired) electrons. The van der Waals surface area contributed by atoms with Gasteiger partial charge < -0.3 is 10.5 Å². The van der Waals surface area contributed by atoms with Crippen LogP contribution in [-0.2, 0) is 0 Å². The number of nitrogens with two attached hydrogens (primary N) is 1. The van der Waals surface area contributed by atoms with E-state index in [4.69, 9.17) is 22.1 Å². The fourth-order valence-corrected chi connectivity index (χ4v) is 1.38. The molecule has 0 unspecified atom stereocenters. The Balaban J connectivity index is 2.25. The molecule has 0 saturated heterocycles. The fraction of sp³-hybridized carbons (Fsp3) is 0. The molecule has 2 rings (SSSR count). The third-order valence-corrected chi connectivity index (χ3v) is 1.96. The normalized spacial score (nSPS) is 9.93. The van der Waals surface area contributed by atoms with Crippen molar-refractivity contribution in [2.75, 3.05) is 5.73 Å². The molecule has 0 aliphatic rings. The highest BCUT2D eigenvalue weighted by atomic mass is 35.5. The Morgan fingerprint density at radius 2 is 1.80 bits per heavy atom. The maximum Gasteiger partial charge on any atom is 0.135 e. The maximum absolute atomic E-state index is 5.75. The Morgan fingerprint density at radius 3 is 2.47 bits per heavy atom. The lowest BCUT2D eigenvalue weighted by Gasteiger charge is -2.05. The van der Waals surface area contributed by atoms with E-state index in [1.165, 1.54) is 0 Å². The summed E-state index contributed by atoms with van der Waals surface area (Å²) >= 11 is 5.75. The first-order valence-electron chi connectivity index (χ1n) is 4.40. The number of para-hydroxylation sites is 1. The van der Waals surface area contributed by atoms with E-state index in [0.29, 0.717) is 16.7 Å². The Labute approximate surface area is 92.5 Å². The molecule has 1 aromatic heterocycles. The SMILES string of the molecule is Nc1cc(Oc2ccccc2)cc(Cl)n1. The van der Waals surface area contributed by atoms with Crippen LogP contribution in [0, 0.1) is 0 Å². The molecule has 0 spiro atoms. The van der Waals surface area contributed by atoms with Crippen LogP contribution in [0.3, 0.4) is 0 Å². The van der Waals surface area contributed by atoms with Gasteiger partial charge in [0, 0.05) is 12.1 Å². The number of nitrogens with zero attached hydrogens (tertiary/aromatic N) is 1. The van der Waals surface area contributed by atoms with Crippen LogP contribution in [0.5, 0.6) is 11.5 Å². The predicted octanol–water partition coefficient (Wildman–Crippen LogP) is 3.11. The Morgan fingerprint density at radius 1 is 1.07 bits per heavy atom. The minimum Gasteiger partial charge on any atom is -0.457 e. The predicted molar refractivity (Wildman–Crippen MR) is 60.2 cm³/mol. The summed E-state index contributed by atoms with van der Waals surface area (Å²) in [5.74, 6) is 1.66. The summed E-state index contributed by atoms with van der Waals surface area (Å²) in [5, 5.41) is 0.320. The van der Waals surface area contributed by atoms with Crippen LogP contribution in [0.25, 0.3) is 0 Å². The zero-order valence-electron chi connectivity index (χ0n) is 7.85. The van der Waals surface area contributed by atoms with E-state index in [2.05, 4.69) is 4.98 Å². The van der Waals surface area contributed by atoms with Crippen LogP contribution in [0.2, 0.25) is 5.15 Å². The molecule has 0 amide bonds. The second-order valence-corrected chi connectivity index (χ2v) is 3.35. The van der Waals surface area contributed by atoms with Gasteiger partial charge in [-0.1, -0.05) is 29.8 Å². The highest BCUT2D eigenvalue weighted by molar-refractivity contribution is 6.29. The number of anilines is 1. The molecular weight excluding hydrogens is 212 g/mol. The second-order valence-electron chi connectivity index (χ2n) is 2.97. The van der Waals surface area contributed by atoms with Crippen LogP contribution in [0.1, 0.15) is 0 Å². The number of hydrogen-bond acceptors (Lipinski definition) is 3. The number of halogens is 1. The van der Waals surface area contributed by atoms with Crippen molar-refractivity contribution < 1.29 is 4.74 Å². The van der Waals surface area contributed by atoms with Gasteiger partial charge in [-0.3, -0.25) is 0 Å². The monoisotopic (exact) mass is 220 g/mol. The summed E-state index contributed by atoms with van der Waals surface area (Å²) in [4.78, 5) is 3.84. The lowest BCUT2D eigenvalue weighted by molar-refractivity contribution is 0.482. The largest absolute Gasteiger partial charge is 0.457 e. The quantitative estimate of drug-likeness (QED) is 0.792. The van der Waals surface area contributed by atoms with E-state index in [-0.39, 0.29) is 0 Å². The molecule has 1 aromatic carbocycles. The average Bonchev–Trinajstić information content (AvgIpc) is 2.17. The van der Waals surface area contributed by atoms with E-state index in [0.717, 1.165) is 5.75 Å². The third kappa shape index (κ3) is 2.60. The van der Waals surface area contributed by atoms with Crippen molar-refractivity contribution in [3.8, 4) is 11.5 Å². The van der Waals surface area contributed by atoms with Gasteiger partial charge in [-0.05, 0) is 12.1 Å². The van der Waals surface area contributed by atoms with E-state index < -0.39 is 0 Å². The lowest BCUT2D eigenvalue weighted by Crippen LogP contribution is -1.92. The van der Waals surface area contributed by atoms with Gasteiger partial charge in [0.15, 0.2) is 0 Å². The number of hydrogen-bond donors (Lipinski definition) is 1. The molecular formula is C11H9ClN2O. The van der Waals surface area contributed by atoms with Crippen molar-refractivity contribution in [2.45, 2.75) is 0 Å². The molecule has 2 N–H and O–H groups in total. The number of rotatable bonds is 2. The minimum atomic E-state index is 0.320. The summed E-state index contributed by atoms with van der Waals surface area (Å²) in [5.41, 5.74) is 5.54. The first-order chi connectivity index (χ1) is 7.24. The molecule has 1 heterocycles. The van der Waals surface area contributed by atoms with Gasteiger partial charge in [0.25, 0.3) is 0 Å². The molecule has 0 aliphatic heterocycles. The van der Waals surface area contributed by atoms with Gasteiger partial charge in [0.2, 0.25) is 0 Å². The summed E-state index contributed by atoms with van der Waals surface area (Å²) in [6, 6.07) is 12.6. The summed E-state index contributed by atoms with van der Waals surface area (Å²) < 4.78 is 5.54. The third-order valence-electron chi connectivity index (χ3n) is 1.77. The molecule has 15 heavy (non-hydrogen) atoms. The Hall–Kier alpha value is -1.74. The lowest BCUT2D eigenvalue weighted by atomic mass is 10.3. The van der Waals surface area contributed by atoms with E-state index in [1.54, 1.807) is 12.1 Å². The number of benzene rings is 1. The van der Waals surface area contributed by atoms with Gasteiger partial charge >= 0.3 is 0 Å². The van der Waals surface area contributed by atoms with Crippen LogP contribution < -0.4 is 10.5 Å². The number of pyridine rings is 1. The van der Waals surface area contributed by atoms with Crippen molar-refractivity contribution >= 4 is 17.4 Å². The van der Waals surface area contributed by atoms with Gasteiger partial charge in [-0.15, -0.1) is 0 Å². The van der Waals surface area contributed by atoms with Crippen molar-refractivity contribution in [3.05, 3.63) is 47.6 Å². The number of ether oxygens (including phenoxy) is 1. The number of nitrogen functional groups attached to an aromatic ring is 1. The van der Waals surface area contributed by atoms with Crippen molar-refractivity contribution in [3.63, 3.8) is 0 Å². The van der Waals surface area contributed by atoms with Gasteiger partial charge in [-0.25, -0.2) is 4.98 Å². The van der Waals surface area contributed by atoms with Gasteiger partial charge in [0.05, 0.1) is 0 Å². The van der Waals surface area contributed by atoms with Crippen LogP contribution in [-0.4, -0.2) is 4.98 Å². The molecule has 0 aliphatic carbocycles. The molecule has 0 bridgehead atoms. The van der Waals surface area contributed by atoms with Gasteiger partial charge in [0.1, 0.15) is 22.5 Å². The van der Waals surface area contributed by atoms with E-state index >= 15 is 0 Å². The zero-order chi connectivity index (χ0) is 10.7. The maximum atomic E-state index is 5.75. The Kier molecular flexibility index (Phi) is 2.74. The molecule has 3 nitrogen and oxygen atoms in total. The molecule has 2 aromatic rings. The first kappa shape index (κ1) is 9.80. The molecule has 76 valence electrons. The zero-order valence-corrected chi connectivity index (χ0v) is 8.61. The van der Waals surface area contributed by atoms with E-state index in [1.807, 2.05) is 30.3 Å². The minimum absolute atomic E-state index is 0.320. The Bertz CT molecular complexity index is 439. The van der Waals surface area contributed by atoms with Crippen molar-refractivity contribution in [1.82, 2.24) is 4.98 Å². The highest BCUT2D eigenvalue weighted by Gasteiger charge is 2.00. The van der Waals surface area contributed by atoms with Gasteiger partial charge in [-0.2, -0.15) is 0 Å². The first-order valence-corrected chi connectivity index (χ1v) is 4.78. The molecule has 0 saturated carbocycles. The smallest absolute Gasteiger partial charge is 0.135 e. The van der Waals surface area contributed by atoms with Crippen LogP contribution in [0.15, 0.2) is 42.5 Å². The van der Waals surface area contributed by atoms with Crippen molar-refractivity contribution in [2.24, 2.45) is 0 Å². The highest BCUT2D eigenvalue weighted by Crippen LogP contribution is 2.24. The number of aromatic nitrogens is 1. The summed E-state index contributed by atoms with van der Waals surface area (Å²) in [7, 11) is 0. The van der Waals surface area contributed by atoms with Crippen LogP contribution in [0.4, 0.5) is 5.82 Å².